The fourth-order valence-corrected chi connectivity index (χ4v) is 4.61. The zero-order chi connectivity index (χ0) is 48.1. The number of rotatable bonds is 0. The zero-order valence-electron chi connectivity index (χ0n) is 36.1. The standard InChI is InChI=1S/C8H6F4.C8H7F3.3C8H8F2.C8H9F/c1-3-5(9)7(11)4(2)8(12)6(3)10;1-4-3-6(9)5(2)8(11)7(4)10;1-5-3-8(10)6(2)4-7(5)9;1-5-3-7(9)6(2)8(10)4-5;1-5-3-4-6(2)8(10)7(5)9;1-6-3-4-7(2)8(9)5-6/h1-2H3;3H,1-2H3;3*3-4H,1-2H3;3-5H,1-2H3. The Morgan fingerprint density at radius 2 is 0.484 bits per heavy atom. The lowest BCUT2D eigenvalue weighted by molar-refractivity contribution is 0.436. The minimum Gasteiger partial charge on any atom is -0.207 e. The van der Waals surface area contributed by atoms with Crippen molar-refractivity contribution in [2.45, 2.75) is 83.1 Å². The average Bonchev–Trinajstić information content (AvgIpc) is 3.21. The van der Waals surface area contributed by atoms with Crippen LogP contribution < -0.4 is 0 Å². The van der Waals surface area contributed by atoms with Crippen molar-refractivity contribution in [2.24, 2.45) is 0 Å². The normalized spacial score (nSPS) is 10.1. The Hall–Kier alpha value is -5.66. The summed E-state index contributed by atoms with van der Waals surface area (Å²) in [6.45, 7) is 17.4. The molecule has 0 amide bonds. The van der Waals surface area contributed by atoms with Crippen molar-refractivity contribution in [3.05, 3.63) is 209 Å². The van der Waals surface area contributed by atoms with E-state index in [1.165, 1.54) is 78.8 Å². The molecule has 6 rings (SSSR count). The first kappa shape index (κ1) is 54.4. The van der Waals surface area contributed by atoms with Gasteiger partial charge in [0.2, 0.25) is 0 Å². The van der Waals surface area contributed by atoms with Crippen LogP contribution in [0.15, 0.2) is 60.7 Å². The van der Waals surface area contributed by atoms with Crippen LogP contribution in [0.25, 0.3) is 0 Å². The quantitative estimate of drug-likeness (QED) is 0.105. The summed E-state index contributed by atoms with van der Waals surface area (Å²) in [4.78, 5) is 0. The molecule has 6 aromatic carbocycles. The lowest BCUT2D eigenvalue weighted by Crippen LogP contribution is -2.02. The molecule has 0 spiro atoms. The number of hydrogen-bond acceptors (Lipinski definition) is 0. The molecule has 0 unspecified atom stereocenters. The maximum Gasteiger partial charge on any atom is 0.165 e. The van der Waals surface area contributed by atoms with Crippen molar-refractivity contribution >= 4 is 0 Å². The van der Waals surface area contributed by atoms with Crippen molar-refractivity contribution in [1.29, 1.82) is 0 Å². The first-order valence-corrected chi connectivity index (χ1v) is 18.4. The summed E-state index contributed by atoms with van der Waals surface area (Å²) in [5, 5.41) is 0. The van der Waals surface area contributed by atoms with Crippen LogP contribution in [-0.4, -0.2) is 0 Å². The first-order chi connectivity index (χ1) is 28.5. The van der Waals surface area contributed by atoms with Gasteiger partial charge < -0.3 is 0 Å². The van der Waals surface area contributed by atoms with Crippen molar-refractivity contribution in [2.75, 3.05) is 0 Å². The smallest absolute Gasteiger partial charge is 0.165 e. The van der Waals surface area contributed by atoms with Gasteiger partial charge in [-0.05, 0) is 164 Å². The Labute approximate surface area is 352 Å². The summed E-state index contributed by atoms with van der Waals surface area (Å²) >= 11 is 0. The van der Waals surface area contributed by atoms with Crippen molar-refractivity contribution in [3.63, 3.8) is 0 Å². The van der Waals surface area contributed by atoms with E-state index in [0.29, 0.717) is 33.4 Å². The number of benzene rings is 6. The molecule has 62 heavy (non-hydrogen) atoms. The lowest BCUT2D eigenvalue weighted by atomic mass is 10.1. The second kappa shape index (κ2) is 24.1. The molecule has 0 bridgehead atoms. The van der Waals surface area contributed by atoms with E-state index in [9.17, 15) is 61.5 Å². The molecule has 0 nitrogen and oxygen atoms in total. The molecule has 0 saturated heterocycles. The molecule has 6 aromatic rings. The highest BCUT2D eigenvalue weighted by atomic mass is 19.2. The van der Waals surface area contributed by atoms with Crippen molar-refractivity contribution in [3.8, 4) is 0 Å². The van der Waals surface area contributed by atoms with Gasteiger partial charge in [-0.3, -0.25) is 0 Å². The van der Waals surface area contributed by atoms with Gasteiger partial charge in [-0.25, -0.2) is 61.5 Å². The largest absolute Gasteiger partial charge is 0.207 e. The Morgan fingerprint density at radius 3 is 0.839 bits per heavy atom. The van der Waals surface area contributed by atoms with E-state index < -0.39 is 75.1 Å². The van der Waals surface area contributed by atoms with Gasteiger partial charge in [0.15, 0.2) is 46.5 Å². The van der Waals surface area contributed by atoms with Crippen LogP contribution >= 0.6 is 0 Å². The van der Waals surface area contributed by atoms with E-state index >= 15 is 0 Å². The summed E-state index contributed by atoms with van der Waals surface area (Å²) in [7, 11) is 0. The van der Waals surface area contributed by atoms with E-state index in [-0.39, 0.29) is 34.1 Å². The number of hydrogen-bond donors (Lipinski definition) is 0. The van der Waals surface area contributed by atoms with Gasteiger partial charge in [-0.2, -0.15) is 0 Å². The Kier molecular flexibility index (Phi) is 21.1. The van der Waals surface area contributed by atoms with Gasteiger partial charge >= 0.3 is 0 Å². The molecule has 0 aromatic heterocycles. The molecule has 14 heteroatoms. The summed E-state index contributed by atoms with van der Waals surface area (Å²) < 4.78 is 177. The average molecular weight is 889 g/mol. The van der Waals surface area contributed by atoms with Crippen molar-refractivity contribution in [1.82, 2.24) is 0 Å². The lowest BCUT2D eigenvalue weighted by Gasteiger charge is -2.04. The third-order valence-electron chi connectivity index (χ3n) is 8.93. The first-order valence-electron chi connectivity index (χ1n) is 18.4. The molecular formula is C48H46F14. The summed E-state index contributed by atoms with van der Waals surface area (Å²) in [6, 6.07) is 14.4. The van der Waals surface area contributed by atoms with Crippen LogP contribution in [0.4, 0.5) is 61.5 Å². The minimum absolute atomic E-state index is 0.00870. The molecule has 0 aliphatic carbocycles. The van der Waals surface area contributed by atoms with E-state index in [0.717, 1.165) is 25.5 Å². The molecule has 0 aliphatic rings. The summed E-state index contributed by atoms with van der Waals surface area (Å²) in [5.74, 6) is -11.3. The molecule has 0 heterocycles. The van der Waals surface area contributed by atoms with E-state index in [4.69, 9.17) is 0 Å². The van der Waals surface area contributed by atoms with Crippen molar-refractivity contribution < 1.29 is 61.5 Å². The predicted molar refractivity (Wildman–Crippen MR) is 215 cm³/mol. The molecule has 0 radical (unpaired) electrons. The second-order valence-electron chi connectivity index (χ2n) is 14.2. The highest BCUT2D eigenvalue weighted by Crippen LogP contribution is 2.23. The van der Waals surface area contributed by atoms with E-state index in [1.807, 2.05) is 13.0 Å². The van der Waals surface area contributed by atoms with Gasteiger partial charge in [0.05, 0.1) is 0 Å². The van der Waals surface area contributed by atoms with Crippen LogP contribution in [0.1, 0.15) is 66.8 Å². The van der Waals surface area contributed by atoms with E-state index in [1.54, 1.807) is 32.0 Å². The summed E-state index contributed by atoms with van der Waals surface area (Å²) in [5.41, 5.74) is 2.24. The van der Waals surface area contributed by atoms with Gasteiger partial charge in [-0.1, -0.05) is 24.3 Å². The van der Waals surface area contributed by atoms with Gasteiger partial charge in [0.1, 0.15) is 34.9 Å². The van der Waals surface area contributed by atoms with Gasteiger partial charge in [0.25, 0.3) is 0 Å². The van der Waals surface area contributed by atoms with Crippen LogP contribution in [0.2, 0.25) is 0 Å². The third-order valence-corrected chi connectivity index (χ3v) is 8.93. The maximum absolute atomic E-state index is 12.7. The van der Waals surface area contributed by atoms with Crippen LogP contribution in [-0.2, 0) is 0 Å². The van der Waals surface area contributed by atoms with Gasteiger partial charge in [0, 0.05) is 22.3 Å². The molecule has 336 valence electrons. The molecule has 0 saturated carbocycles. The SMILES string of the molecule is Cc1c(F)c(F)c(C)c(F)c1F.Cc1cc(F)c(C)c(F)c1.Cc1cc(F)c(C)c(F)c1F.Cc1cc(F)c(C)cc1F.Cc1ccc(C)c(F)c1.Cc1ccc(C)c(F)c1F. The van der Waals surface area contributed by atoms with Gasteiger partial charge in [-0.15, -0.1) is 0 Å². The second-order valence-corrected chi connectivity index (χ2v) is 14.2. The fraction of sp³-hybridized carbons (Fsp3) is 0.250. The highest BCUT2D eigenvalue weighted by molar-refractivity contribution is 5.29. The minimum atomic E-state index is -1.33. The summed E-state index contributed by atoms with van der Waals surface area (Å²) in [6.07, 6.45) is 0. The zero-order valence-corrected chi connectivity index (χ0v) is 36.1. The molecule has 0 N–H and O–H groups in total. The Balaban J connectivity index is 0.000000373. The van der Waals surface area contributed by atoms with Crippen LogP contribution in [0.5, 0.6) is 0 Å². The predicted octanol–water partition coefficient (Wildman–Crippen LogP) is 15.8. The number of halogens is 14. The van der Waals surface area contributed by atoms with Crippen LogP contribution in [0, 0.1) is 165 Å². The van der Waals surface area contributed by atoms with Crippen LogP contribution in [0.3, 0.4) is 0 Å². The topological polar surface area (TPSA) is 0 Å². The molecule has 0 fully saturated rings. The Bertz CT molecular complexity index is 2260. The van der Waals surface area contributed by atoms with E-state index in [2.05, 4.69) is 0 Å². The maximum atomic E-state index is 12.7. The molecular weight excluding hydrogens is 842 g/mol. The molecule has 0 aliphatic heterocycles. The highest BCUT2D eigenvalue weighted by Gasteiger charge is 2.19. The fourth-order valence-electron chi connectivity index (χ4n) is 4.61. The molecule has 0 atom stereocenters. The third kappa shape index (κ3) is 15.4. The monoisotopic (exact) mass is 888 g/mol. The Morgan fingerprint density at radius 1 is 0.210 bits per heavy atom. The number of aryl methyl sites for hydroxylation is 8.